The first kappa shape index (κ1) is 18.9. The van der Waals surface area contributed by atoms with Crippen molar-refractivity contribution in [3.63, 3.8) is 0 Å². The Morgan fingerprint density at radius 2 is 1.50 bits per heavy atom. The molecule has 2 saturated carbocycles. The summed E-state index contributed by atoms with van der Waals surface area (Å²) in [6.45, 7) is 9.87. The molecule has 4 nitrogen and oxygen atoms in total. The number of amides is 1. The van der Waals surface area contributed by atoms with E-state index in [9.17, 15) is 9.59 Å². The van der Waals surface area contributed by atoms with Crippen LogP contribution in [0.1, 0.15) is 67.7 Å². The van der Waals surface area contributed by atoms with Gasteiger partial charge in [0.2, 0.25) is 5.91 Å². The Morgan fingerprint density at radius 1 is 1.05 bits per heavy atom. The molecule has 0 aromatic carbocycles. The van der Waals surface area contributed by atoms with Crippen molar-refractivity contribution in [3.8, 4) is 0 Å². The van der Waals surface area contributed by atoms with Gasteiger partial charge < -0.3 is 10.4 Å². The van der Waals surface area contributed by atoms with Crippen molar-refractivity contribution in [2.75, 3.05) is 0 Å². The summed E-state index contributed by atoms with van der Waals surface area (Å²) in [6, 6.07) is 0. The van der Waals surface area contributed by atoms with Gasteiger partial charge in [-0.15, -0.1) is 0 Å². The molecule has 2 fully saturated rings. The molecule has 0 aromatic heterocycles. The lowest BCUT2D eigenvalue weighted by atomic mass is 9.93. The molecule has 1 amide bonds. The zero-order chi connectivity index (χ0) is 14.8. The van der Waals surface area contributed by atoms with Crippen LogP contribution >= 0.6 is 0 Å². The predicted octanol–water partition coefficient (Wildman–Crippen LogP) is 3.45. The topological polar surface area (TPSA) is 66.4 Å². The van der Waals surface area contributed by atoms with Gasteiger partial charge in [-0.05, 0) is 38.5 Å². The highest BCUT2D eigenvalue weighted by molar-refractivity contribution is 5.79. The molecule has 0 spiro atoms. The minimum absolute atomic E-state index is 0. The van der Waals surface area contributed by atoms with E-state index in [4.69, 9.17) is 5.11 Å². The quantitative estimate of drug-likeness (QED) is 0.831. The van der Waals surface area contributed by atoms with Gasteiger partial charge in [0.1, 0.15) is 0 Å². The van der Waals surface area contributed by atoms with Gasteiger partial charge in [-0.2, -0.15) is 0 Å². The van der Waals surface area contributed by atoms with E-state index in [0.717, 1.165) is 25.7 Å². The van der Waals surface area contributed by atoms with Gasteiger partial charge in [-0.1, -0.05) is 35.1 Å². The van der Waals surface area contributed by atoms with Crippen LogP contribution in [0, 0.1) is 17.3 Å². The highest BCUT2D eigenvalue weighted by Crippen LogP contribution is 2.51. The van der Waals surface area contributed by atoms with Gasteiger partial charge in [0.25, 0.3) is 0 Å². The van der Waals surface area contributed by atoms with Crippen molar-refractivity contribution in [1.29, 1.82) is 0 Å². The Bertz CT molecular complexity index is 353. The average Bonchev–Trinajstić information content (AvgIpc) is 3.14. The van der Waals surface area contributed by atoms with Gasteiger partial charge in [0.05, 0.1) is 5.41 Å². The Labute approximate surface area is 123 Å². The number of carbonyl (C=O) groups excluding carboxylic acids is 1. The van der Waals surface area contributed by atoms with Crippen LogP contribution in [-0.4, -0.2) is 22.5 Å². The predicted molar refractivity (Wildman–Crippen MR) is 81.5 cm³/mol. The molecule has 4 heteroatoms. The SMILES string of the molecule is C.CC(C)C(=O)NC1(C)CC1.CC(C)C1(C(=O)O)CC1. The van der Waals surface area contributed by atoms with E-state index in [1.807, 2.05) is 27.7 Å². The van der Waals surface area contributed by atoms with Crippen molar-refractivity contribution in [1.82, 2.24) is 5.32 Å². The van der Waals surface area contributed by atoms with Crippen LogP contribution < -0.4 is 5.32 Å². The maximum absolute atomic E-state index is 11.1. The maximum Gasteiger partial charge on any atom is 0.309 e. The number of hydrogen-bond donors (Lipinski definition) is 2. The third kappa shape index (κ3) is 4.80. The molecule has 118 valence electrons. The highest BCUT2D eigenvalue weighted by atomic mass is 16.4. The van der Waals surface area contributed by atoms with Crippen LogP contribution in [0.5, 0.6) is 0 Å². The second kappa shape index (κ2) is 6.59. The van der Waals surface area contributed by atoms with Crippen LogP contribution in [0.25, 0.3) is 0 Å². The van der Waals surface area contributed by atoms with E-state index in [1.165, 1.54) is 0 Å². The lowest BCUT2D eigenvalue weighted by molar-refractivity contribution is -0.145. The van der Waals surface area contributed by atoms with Crippen molar-refractivity contribution < 1.29 is 14.7 Å². The Kier molecular flexibility index (Phi) is 6.25. The van der Waals surface area contributed by atoms with E-state index < -0.39 is 5.97 Å². The van der Waals surface area contributed by atoms with E-state index in [2.05, 4.69) is 12.2 Å². The van der Waals surface area contributed by atoms with E-state index in [0.29, 0.717) is 5.92 Å². The molecule has 20 heavy (non-hydrogen) atoms. The van der Waals surface area contributed by atoms with E-state index >= 15 is 0 Å². The second-order valence-corrected chi connectivity index (χ2v) is 6.82. The van der Waals surface area contributed by atoms with Crippen LogP contribution in [0.4, 0.5) is 0 Å². The van der Waals surface area contributed by atoms with Gasteiger partial charge >= 0.3 is 5.97 Å². The lowest BCUT2D eigenvalue weighted by Gasteiger charge is -2.12. The van der Waals surface area contributed by atoms with Gasteiger partial charge in [0, 0.05) is 11.5 Å². The van der Waals surface area contributed by atoms with Crippen molar-refractivity contribution >= 4 is 11.9 Å². The summed E-state index contributed by atoms with van der Waals surface area (Å²) in [5, 5.41) is 11.7. The third-order valence-electron chi connectivity index (χ3n) is 4.27. The summed E-state index contributed by atoms with van der Waals surface area (Å²) in [7, 11) is 0. The summed E-state index contributed by atoms with van der Waals surface area (Å²) in [5.41, 5.74) is -0.179. The molecule has 0 radical (unpaired) electrons. The Hall–Kier alpha value is -1.06. The summed E-state index contributed by atoms with van der Waals surface area (Å²) in [6.07, 6.45) is 4.04. The molecular formula is C16H31NO3. The summed E-state index contributed by atoms with van der Waals surface area (Å²) in [4.78, 5) is 21.6. The molecule has 2 aliphatic rings. The van der Waals surface area contributed by atoms with E-state index in [-0.39, 0.29) is 30.2 Å². The molecule has 0 atom stereocenters. The van der Waals surface area contributed by atoms with Crippen LogP contribution in [-0.2, 0) is 9.59 Å². The first-order chi connectivity index (χ1) is 8.63. The molecule has 2 rings (SSSR count). The fourth-order valence-corrected chi connectivity index (χ4v) is 1.93. The molecule has 2 N–H and O–H groups in total. The van der Waals surface area contributed by atoms with Crippen molar-refractivity contribution in [3.05, 3.63) is 0 Å². The molecule has 0 unspecified atom stereocenters. The zero-order valence-electron chi connectivity index (χ0n) is 12.7. The zero-order valence-corrected chi connectivity index (χ0v) is 12.7. The second-order valence-electron chi connectivity index (χ2n) is 6.82. The Morgan fingerprint density at radius 3 is 1.65 bits per heavy atom. The van der Waals surface area contributed by atoms with Crippen molar-refractivity contribution in [2.45, 2.75) is 73.3 Å². The first-order valence-corrected chi connectivity index (χ1v) is 7.18. The largest absolute Gasteiger partial charge is 0.481 e. The molecule has 0 bridgehead atoms. The van der Waals surface area contributed by atoms with Crippen LogP contribution in [0.3, 0.4) is 0 Å². The van der Waals surface area contributed by atoms with Gasteiger partial charge in [-0.3, -0.25) is 9.59 Å². The molecular weight excluding hydrogens is 254 g/mol. The number of rotatable bonds is 4. The monoisotopic (exact) mass is 285 g/mol. The summed E-state index contributed by atoms with van der Waals surface area (Å²) < 4.78 is 0. The molecule has 0 aromatic rings. The fourth-order valence-electron chi connectivity index (χ4n) is 1.93. The van der Waals surface area contributed by atoms with Crippen molar-refractivity contribution in [2.24, 2.45) is 17.3 Å². The minimum Gasteiger partial charge on any atom is -0.481 e. The molecule has 0 heterocycles. The smallest absolute Gasteiger partial charge is 0.309 e. The summed E-state index contributed by atoms with van der Waals surface area (Å²) in [5.74, 6) is -0.00933. The molecule has 0 saturated heterocycles. The van der Waals surface area contributed by atoms with Crippen LogP contribution in [0.2, 0.25) is 0 Å². The van der Waals surface area contributed by atoms with Gasteiger partial charge in [0.15, 0.2) is 0 Å². The molecule has 0 aliphatic heterocycles. The fraction of sp³-hybridized carbons (Fsp3) is 0.875. The third-order valence-corrected chi connectivity index (χ3v) is 4.27. The standard InChI is InChI=1S/C8H15NO.C7H12O2.CH4/c1-6(2)7(10)9-8(3)4-5-8;1-5(2)7(3-4-7)6(8)9;/h6H,4-5H2,1-3H3,(H,9,10);5H,3-4H2,1-2H3,(H,8,9);1H4. The number of hydrogen-bond acceptors (Lipinski definition) is 2. The van der Waals surface area contributed by atoms with Gasteiger partial charge in [-0.25, -0.2) is 0 Å². The number of carboxylic acid groups (broad SMARTS) is 1. The molecule has 2 aliphatic carbocycles. The number of carbonyl (C=O) groups is 2. The highest BCUT2D eigenvalue weighted by Gasteiger charge is 2.52. The normalized spacial score (nSPS) is 20.4. The average molecular weight is 285 g/mol. The van der Waals surface area contributed by atoms with E-state index in [1.54, 1.807) is 0 Å². The first-order valence-electron chi connectivity index (χ1n) is 7.18. The van der Waals surface area contributed by atoms with Crippen LogP contribution in [0.15, 0.2) is 0 Å². The number of carboxylic acids is 1. The Balaban J connectivity index is 0.000000345. The minimum atomic E-state index is -0.613. The number of aliphatic carboxylic acids is 1. The maximum atomic E-state index is 11.1. The number of nitrogens with one attached hydrogen (secondary N) is 1. The summed E-state index contributed by atoms with van der Waals surface area (Å²) >= 11 is 0. The lowest BCUT2D eigenvalue weighted by Crippen LogP contribution is -2.36.